The van der Waals surface area contributed by atoms with Crippen molar-refractivity contribution in [3.8, 4) is 22.6 Å². The molecule has 0 saturated heterocycles. The first-order valence-corrected chi connectivity index (χ1v) is 9.68. The summed E-state index contributed by atoms with van der Waals surface area (Å²) >= 11 is 6.27. The molecule has 0 atom stereocenters. The average molecular weight is 432 g/mol. The summed E-state index contributed by atoms with van der Waals surface area (Å²) in [6.45, 7) is 2.38. The number of hydrogen-bond donors (Lipinski definition) is 1. The second kappa shape index (κ2) is 9.59. The number of nitrogens with one attached hydrogen (secondary N) is 1. The van der Waals surface area contributed by atoms with Gasteiger partial charge in [-0.1, -0.05) is 48.9 Å². The van der Waals surface area contributed by atoms with E-state index in [1.807, 2.05) is 6.92 Å². The lowest BCUT2D eigenvalue weighted by atomic mass is 10.0. The molecule has 0 aliphatic carbocycles. The van der Waals surface area contributed by atoms with Gasteiger partial charge in [-0.2, -0.15) is 0 Å². The highest BCUT2D eigenvalue weighted by Gasteiger charge is 2.20. The van der Waals surface area contributed by atoms with Gasteiger partial charge in [-0.25, -0.2) is 8.78 Å². The first-order chi connectivity index (χ1) is 14.4. The van der Waals surface area contributed by atoms with Crippen molar-refractivity contribution in [3.63, 3.8) is 0 Å². The lowest BCUT2D eigenvalue weighted by Crippen LogP contribution is -2.15. The quantitative estimate of drug-likeness (QED) is 0.475. The van der Waals surface area contributed by atoms with Gasteiger partial charge < -0.3 is 14.8 Å². The Labute approximate surface area is 178 Å². The van der Waals surface area contributed by atoms with Gasteiger partial charge in [0.25, 0.3) is 5.91 Å². The zero-order valence-electron chi connectivity index (χ0n) is 16.5. The topological polar surface area (TPSA) is 47.6 Å². The fraction of sp³-hybridized carbons (Fsp3) is 0.174. The summed E-state index contributed by atoms with van der Waals surface area (Å²) in [4.78, 5) is 12.9. The fourth-order valence-corrected chi connectivity index (χ4v) is 3.19. The van der Waals surface area contributed by atoms with Crippen molar-refractivity contribution in [2.75, 3.05) is 19.0 Å². The number of hydrogen-bond acceptors (Lipinski definition) is 3. The summed E-state index contributed by atoms with van der Waals surface area (Å²) in [6, 6.07) is 13.4. The molecule has 0 aromatic heterocycles. The molecule has 0 radical (unpaired) electrons. The Kier molecular flexibility index (Phi) is 6.90. The van der Waals surface area contributed by atoms with Crippen LogP contribution in [0.5, 0.6) is 11.5 Å². The Morgan fingerprint density at radius 1 is 1.10 bits per heavy atom. The third-order valence-corrected chi connectivity index (χ3v) is 4.60. The molecule has 156 valence electrons. The van der Waals surface area contributed by atoms with Crippen LogP contribution in [0.4, 0.5) is 14.5 Å². The van der Waals surface area contributed by atoms with E-state index < -0.39 is 17.5 Å². The number of ether oxygens (including phenoxy) is 2. The normalized spacial score (nSPS) is 10.6. The smallest absolute Gasteiger partial charge is 0.255 e. The molecule has 3 rings (SSSR count). The monoisotopic (exact) mass is 431 g/mol. The lowest BCUT2D eigenvalue weighted by Gasteiger charge is -2.15. The molecule has 3 aromatic carbocycles. The summed E-state index contributed by atoms with van der Waals surface area (Å²) in [7, 11) is 1.43. The Bertz CT molecular complexity index is 1060. The molecule has 0 heterocycles. The van der Waals surface area contributed by atoms with E-state index in [2.05, 4.69) is 5.32 Å². The van der Waals surface area contributed by atoms with Crippen molar-refractivity contribution >= 4 is 23.2 Å². The Morgan fingerprint density at radius 2 is 1.83 bits per heavy atom. The van der Waals surface area contributed by atoms with E-state index in [1.165, 1.54) is 25.3 Å². The molecule has 0 saturated carbocycles. The molecule has 0 fully saturated rings. The van der Waals surface area contributed by atoms with E-state index in [0.29, 0.717) is 17.9 Å². The number of methoxy groups -OCH3 is 1. The Hall–Kier alpha value is -3.12. The van der Waals surface area contributed by atoms with E-state index >= 15 is 0 Å². The van der Waals surface area contributed by atoms with Gasteiger partial charge >= 0.3 is 0 Å². The van der Waals surface area contributed by atoms with Crippen LogP contribution in [0.15, 0.2) is 54.6 Å². The van der Waals surface area contributed by atoms with E-state index in [1.54, 1.807) is 30.3 Å². The molecule has 4 nitrogen and oxygen atoms in total. The molecule has 7 heteroatoms. The molecule has 0 spiro atoms. The van der Waals surface area contributed by atoms with Crippen LogP contribution in [0.25, 0.3) is 11.1 Å². The molecule has 0 unspecified atom stereocenters. The second-order valence-electron chi connectivity index (χ2n) is 6.47. The van der Waals surface area contributed by atoms with Crippen LogP contribution in [-0.4, -0.2) is 19.6 Å². The maximum absolute atomic E-state index is 14.6. The van der Waals surface area contributed by atoms with Gasteiger partial charge in [0.1, 0.15) is 11.6 Å². The number of carbonyl (C=O) groups excluding carboxylic acids is 1. The number of amides is 1. The maximum Gasteiger partial charge on any atom is 0.255 e. The number of rotatable bonds is 7. The molecule has 30 heavy (non-hydrogen) atoms. The minimum absolute atomic E-state index is 0.131. The predicted molar refractivity (Wildman–Crippen MR) is 114 cm³/mol. The summed E-state index contributed by atoms with van der Waals surface area (Å²) in [5, 5.41) is 2.72. The predicted octanol–water partition coefficient (Wildman–Crippen LogP) is 6.33. The van der Waals surface area contributed by atoms with Gasteiger partial charge in [0.05, 0.1) is 24.4 Å². The average Bonchev–Trinajstić information content (AvgIpc) is 2.74. The van der Waals surface area contributed by atoms with Crippen molar-refractivity contribution in [3.05, 3.63) is 76.8 Å². The van der Waals surface area contributed by atoms with Crippen LogP contribution in [0.3, 0.4) is 0 Å². The van der Waals surface area contributed by atoms with Crippen LogP contribution in [0.2, 0.25) is 5.02 Å². The summed E-state index contributed by atoms with van der Waals surface area (Å²) in [5.41, 5.74) is 0.796. The summed E-state index contributed by atoms with van der Waals surface area (Å²) < 4.78 is 39.3. The van der Waals surface area contributed by atoms with Gasteiger partial charge in [-0.05, 0) is 30.2 Å². The zero-order chi connectivity index (χ0) is 21.7. The summed E-state index contributed by atoms with van der Waals surface area (Å²) in [6.07, 6.45) is 0.772. The van der Waals surface area contributed by atoms with Gasteiger partial charge in [0.15, 0.2) is 11.5 Å². The van der Waals surface area contributed by atoms with Crippen LogP contribution in [0, 0.1) is 11.6 Å². The van der Waals surface area contributed by atoms with E-state index in [0.717, 1.165) is 12.5 Å². The standard InChI is InChI=1S/C23H20ClF2NO3/c1-3-9-30-22-18(24)10-15(11-20(22)29-2)23(28)27-21-17(12-16(25)13-19(21)26)14-7-5-4-6-8-14/h4-8,10-13H,3,9H2,1-2H3,(H,27,28). The number of benzene rings is 3. The highest BCUT2D eigenvalue weighted by atomic mass is 35.5. The first kappa shape index (κ1) is 21.6. The van der Waals surface area contributed by atoms with Crippen molar-refractivity contribution in [2.24, 2.45) is 0 Å². The Balaban J connectivity index is 1.98. The van der Waals surface area contributed by atoms with Crippen LogP contribution < -0.4 is 14.8 Å². The molecule has 0 bridgehead atoms. The molecule has 1 N–H and O–H groups in total. The number of carbonyl (C=O) groups is 1. The fourth-order valence-electron chi connectivity index (χ4n) is 2.93. The minimum atomic E-state index is -0.886. The van der Waals surface area contributed by atoms with Crippen molar-refractivity contribution < 1.29 is 23.0 Å². The van der Waals surface area contributed by atoms with E-state index in [-0.39, 0.29) is 27.6 Å². The Morgan fingerprint density at radius 3 is 2.50 bits per heavy atom. The minimum Gasteiger partial charge on any atom is -0.493 e. The van der Waals surface area contributed by atoms with Gasteiger partial charge in [-0.3, -0.25) is 4.79 Å². The molecular formula is C23H20ClF2NO3. The van der Waals surface area contributed by atoms with Gasteiger partial charge in [0, 0.05) is 17.2 Å². The van der Waals surface area contributed by atoms with Gasteiger partial charge in [0.2, 0.25) is 0 Å². The first-order valence-electron chi connectivity index (χ1n) is 9.30. The highest BCUT2D eigenvalue weighted by Crippen LogP contribution is 2.37. The second-order valence-corrected chi connectivity index (χ2v) is 6.88. The third-order valence-electron chi connectivity index (χ3n) is 4.32. The van der Waals surface area contributed by atoms with Crippen LogP contribution >= 0.6 is 11.6 Å². The van der Waals surface area contributed by atoms with E-state index in [9.17, 15) is 13.6 Å². The summed E-state index contributed by atoms with van der Waals surface area (Å²) in [5.74, 6) is -1.64. The van der Waals surface area contributed by atoms with Gasteiger partial charge in [-0.15, -0.1) is 0 Å². The number of anilines is 1. The van der Waals surface area contributed by atoms with E-state index in [4.69, 9.17) is 21.1 Å². The largest absolute Gasteiger partial charge is 0.493 e. The maximum atomic E-state index is 14.6. The zero-order valence-corrected chi connectivity index (χ0v) is 17.2. The molecule has 1 amide bonds. The lowest BCUT2D eigenvalue weighted by molar-refractivity contribution is 0.102. The number of halogens is 3. The molecular weight excluding hydrogens is 412 g/mol. The molecule has 0 aliphatic rings. The van der Waals surface area contributed by atoms with Crippen molar-refractivity contribution in [1.29, 1.82) is 0 Å². The molecule has 3 aromatic rings. The van der Waals surface area contributed by atoms with Crippen molar-refractivity contribution in [1.82, 2.24) is 0 Å². The SMILES string of the molecule is CCCOc1c(Cl)cc(C(=O)Nc2c(F)cc(F)cc2-c2ccccc2)cc1OC. The van der Waals surface area contributed by atoms with Crippen LogP contribution in [-0.2, 0) is 0 Å². The van der Waals surface area contributed by atoms with Crippen LogP contribution in [0.1, 0.15) is 23.7 Å². The highest BCUT2D eigenvalue weighted by molar-refractivity contribution is 6.32. The third kappa shape index (κ3) is 4.71. The molecule has 0 aliphatic heterocycles. The van der Waals surface area contributed by atoms with Crippen molar-refractivity contribution in [2.45, 2.75) is 13.3 Å².